The molecule has 1 spiro atoms. The van der Waals surface area contributed by atoms with Gasteiger partial charge in [0, 0.05) is 55.2 Å². The lowest BCUT2D eigenvalue weighted by atomic mass is 9.82. The van der Waals surface area contributed by atoms with Crippen LogP contribution in [-0.2, 0) is 23.1 Å². The molecule has 1 aromatic carbocycles. The molecule has 1 amide bonds. The van der Waals surface area contributed by atoms with E-state index in [0.29, 0.717) is 19.0 Å². The lowest BCUT2D eigenvalue weighted by Crippen LogP contribution is -2.66. The summed E-state index contributed by atoms with van der Waals surface area (Å²) in [5, 5.41) is 8.23. The van der Waals surface area contributed by atoms with Crippen LogP contribution in [0.25, 0.3) is 10.9 Å². The van der Waals surface area contributed by atoms with Gasteiger partial charge in [0.05, 0.1) is 19.7 Å². The molecule has 204 valence electrons. The van der Waals surface area contributed by atoms with E-state index >= 15 is 0 Å². The molecule has 8 nitrogen and oxygen atoms in total. The highest BCUT2D eigenvalue weighted by Gasteiger charge is 2.48. The van der Waals surface area contributed by atoms with Gasteiger partial charge < -0.3 is 24.2 Å². The Bertz CT molecular complexity index is 1260. The Morgan fingerprint density at radius 1 is 1.24 bits per heavy atom. The third-order valence-electron chi connectivity index (χ3n) is 7.00. The van der Waals surface area contributed by atoms with Crippen molar-refractivity contribution < 1.29 is 32.6 Å². The van der Waals surface area contributed by atoms with Gasteiger partial charge in [-0.15, -0.1) is 0 Å². The number of hydrogen-bond acceptors (Lipinski definition) is 5. The van der Waals surface area contributed by atoms with E-state index in [1.165, 1.54) is 5.56 Å². The zero-order valence-electron chi connectivity index (χ0n) is 21.3. The average molecular weight is 533 g/mol. The zero-order chi connectivity index (χ0) is 27.5. The van der Waals surface area contributed by atoms with Gasteiger partial charge in [0.15, 0.2) is 0 Å². The molecule has 2 aliphatic heterocycles. The first-order valence-corrected chi connectivity index (χ1v) is 12.3. The Labute approximate surface area is 218 Å². The van der Waals surface area contributed by atoms with Crippen LogP contribution in [0.5, 0.6) is 0 Å². The monoisotopic (exact) mass is 532 g/mol. The third-order valence-corrected chi connectivity index (χ3v) is 7.00. The largest absolute Gasteiger partial charge is 0.490 e. The maximum Gasteiger partial charge on any atom is 0.490 e. The van der Waals surface area contributed by atoms with Crippen molar-refractivity contribution in [2.45, 2.75) is 31.2 Å². The van der Waals surface area contributed by atoms with Gasteiger partial charge in [0.1, 0.15) is 5.60 Å². The van der Waals surface area contributed by atoms with Crippen molar-refractivity contribution in [3.63, 3.8) is 0 Å². The van der Waals surface area contributed by atoms with Gasteiger partial charge in [-0.3, -0.25) is 9.78 Å². The number of carbonyl (C=O) groups is 2. The Kier molecular flexibility index (Phi) is 8.08. The fourth-order valence-corrected chi connectivity index (χ4v) is 5.01. The predicted octanol–water partition coefficient (Wildman–Crippen LogP) is 3.96. The minimum Gasteiger partial charge on any atom is -0.475 e. The number of rotatable bonds is 5. The van der Waals surface area contributed by atoms with Crippen LogP contribution in [0.1, 0.15) is 28.8 Å². The topological polar surface area (TPSA) is 87.9 Å². The number of alkyl halides is 3. The number of nitrogens with zero attached hydrogens (tertiary/aromatic N) is 4. The Balaban J connectivity index is 0.000000426. The molecule has 0 saturated carbocycles. The van der Waals surface area contributed by atoms with Crippen molar-refractivity contribution in [2.75, 3.05) is 33.3 Å². The van der Waals surface area contributed by atoms with Gasteiger partial charge in [-0.05, 0) is 61.7 Å². The van der Waals surface area contributed by atoms with Gasteiger partial charge in [-0.1, -0.05) is 6.07 Å². The summed E-state index contributed by atoms with van der Waals surface area (Å²) in [5.41, 5.74) is 3.01. The van der Waals surface area contributed by atoms with E-state index < -0.39 is 12.1 Å². The number of fused-ring (bicyclic) bond motifs is 1. The first kappa shape index (κ1) is 27.6. The number of carboxylic acids is 1. The van der Waals surface area contributed by atoms with E-state index in [2.05, 4.69) is 33.6 Å². The fourth-order valence-electron chi connectivity index (χ4n) is 5.01. The molecule has 2 aliphatic rings. The number of carboxylic acid groups (broad SMARTS) is 1. The van der Waals surface area contributed by atoms with Gasteiger partial charge in [-0.25, -0.2) is 4.79 Å². The molecule has 0 bridgehead atoms. The number of carbonyl (C=O) groups excluding carboxylic acids is 1. The van der Waals surface area contributed by atoms with E-state index in [0.717, 1.165) is 49.0 Å². The number of ether oxygens (including phenoxy) is 1. The summed E-state index contributed by atoms with van der Waals surface area (Å²) >= 11 is 0. The average Bonchev–Trinajstić information content (AvgIpc) is 3.23. The Hall–Kier alpha value is -3.44. The molecule has 0 aliphatic carbocycles. The van der Waals surface area contributed by atoms with Gasteiger partial charge in [0.2, 0.25) is 0 Å². The van der Waals surface area contributed by atoms with Gasteiger partial charge >= 0.3 is 12.1 Å². The highest BCUT2D eigenvalue weighted by atomic mass is 19.4. The molecule has 3 aromatic rings. The second-order valence-corrected chi connectivity index (χ2v) is 10.1. The molecule has 2 aromatic heterocycles. The SMILES string of the molecule is CN(Cc1cccnc1)CC1CCC2(CN(C(=O)c3ccc4c(ccn4C)c3)C2)OC1.O=C(O)C(F)(F)F. The molecule has 5 rings (SSSR count). The van der Waals surface area contributed by atoms with Crippen molar-refractivity contribution in [3.8, 4) is 0 Å². The molecular weight excluding hydrogens is 501 g/mol. The molecule has 4 heterocycles. The second-order valence-electron chi connectivity index (χ2n) is 10.1. The summed E-state index contributed by atoms with van der Waals surface area (Å²) in [7, 11) is 4.18. The first-order valence-electron chi connectivity index (χ1n) is 12.3. The van der Waals surface area contributed by atoms with Crippen LogP contribution < -0.4 is 0 Å². The Morgan fingerprint density at radius 2 is 1.97 bits per heavy atom. The van der Waals surface area contributed by atoms with E-state index in [1.807, 2.05) is 54.8 Å². The molecule has 1 atom stereocenters. The van der Waals surface area contributed by atoms with E-state index in [1.54, 1.807) is 0 Å². The van der Waals surface area contributed by atoms with E-state index in [4.69, 9.17) is 14.6 Å². The molecular formula is C27H31F3N4O4. The molecule has 38 heavy (non-hydrogen) atoms. The van der Waals surface area contributed by atoms with Crippen LogP contribution in [0.15, 0.2) is 55.0 Å². The highest BCUT2D eigenvalue weighted by molar-refractivity contribution is 5.98. The maximum absolute atomic E-state index is 12.9. The van der Waals surface area contributed by atoms with Crippen LogP contribution in [0.4, 0.5) is 13.2 Å². The lowest BCUT2D eigenvalue weighted by Gasteiger charge is -2.53. The summed E-state index contributed by atoms with van der Waals surface area (Å²) in [6, 6.07) is 12.1. The number of amides is 1. The molecule has 0 radical (unpaired) electrons. The number of likely N-dealkylation sites (tertiary alicyclic amines) is 1. The number of aromatic nitrogens is 2. The predicted molar refractivity (Wildman–Crippen MR) is 134 cm³/mol. The number of aliphatic carboxylic acids is 1. The van der Waals surface area contributed by atoms with Crippen LogP contribution in [0.2, 0.25) is 0 Å². The van der Waals surface area contributed by atoms with Crippen LogP contribution in [-0.4, -0.2) is 81.4 Å². The normalized spacial score (nSPS) is 18.7. The van der Waals surface area contributed by atoms with Crippen LogP contribution >= 0.6 is 0 Å². The van der Waals surface area contributed by atoms with Crippen molar-refractivity contribution in [1.82, 2.24) is 19.4 Å². The number of aryl methyl sites for hydroxylation is 1. The minimum atomic E-state index is -5.08. The van der Waals surface area contributed by atoms with Crippen molar-refractivity contribution in [3.05, 3.63) is 66.1 Å². The number of pyridine rings is 1. The smallest absolute Gasteiger partial charge is 0.475 e. The number of hydrogen-bond donors (Lipinski definition) is 1. The van der Waals surface area contributed by atoms with E-state index in [9.17, 15) is 18.0 Å². The summed E-state index contributed by atoms with van der Waals surface area (Å²) in [5.74, 6) is -2.11. The molecule has 11 heteroatoms. The molecule has 2 fully saturated rings. The maximum atomic E-state index is 12.9. The standard InChI is InChI=1S/C25H30N4O2.C2HF3O2/c1-27(14-19-4-3-10-26-13-19)15-20-7-9-25(31-16-20)17-29(18-25)24(30)22-5-6-23-21(12-22)8-11-28(23)2;3-2(4,5)1(6)7/h3-6,8,10-13,20H,7,9,14-18H2,1-2H3;(H,6,7). The van der Waals surface area contributed by atoms with Gasteiger partial charge in [-0.2, -0.15) is 13.2 Å². The second kappa shape index (κ2) is 11.1. The van der Waals surface area contributed by atoms with Crippen LogP contribution in [0.3, 0.4) is 0 Å². The molecule has 1 unspecified atom stereocenters. The quantitative estimate of drug-likeness (QED) is 0.535. The number of benzene rings is 1. The zero-order valence-corrected chi connectivity index (χ0v) is 21.3. The summed E-state index contributed by atoms with van der Waals surface area (Å²) < 4.78 is 40.1. The number of halogens is 3. The minimum absolute atomic E-state index is 0.110. The van der Waals surface area contributed by atoms with Gasteiger partial charge in [0.25, 0.3) is 5.91 Å². The Morgan fingerprint density at radius 3 is 2.58 bits per heavy atom. The summed E-state index contributed by atoms with van der Waals surface area (Å²) in [6.45, 7) is 4.11. The third kappa shape index (κ3) is 6.51. The fraction of sp³-hybridized carbons (Fsp3) is 0.444. The van der Waals surface area contributed by atoms with Crippen molar-refractivity contribution in [1.29, 1.82) is 0 Å². The lowest BCUT2D eigenvalue weighted by molar-refractivity contribution is -0.192. The highest BCUT2D eigenvalue weighted by Crippen LogP contribution is 2.37. The van der Waals surface area contributed by atoms with Crippen molar-refractivity contribution >= 4 is 22.8 Å². The summed E-state index contributed by atoms with van der Waals surface area (Å²) in [6.07, 6.45) is 2.86. The van der Waals surface area contributed by atoms with E-state index in [-0.39, 0.29) is 11.5 Å². The van der Waals surface area contributed by atoms with Crippen LogP contribution in [0, 0.1) is 5.92 Å². The molecule has 2 saturated heterocycles. The molecule has 1 N–H and O–H groups in total. The summed E-state index contributed by atoms with van der Waals surface area (Å²) in [4.78, 5) is 30.3. The first-order chi connectivity index (χ1) is 18.0. The van der Waals surface area contributed by atoms with Crippen molar-refractivity contribution in [2.24, 2.45) is 13.0 Å².